The first-order valence-corrected chi connectivity index (χ1v) is 6.35. The molecule has 0 spiro atoms. The van der Waals surface area contributed by atoms with Crippen LogP contribution >= 0.6 is 11.6 Å². The summed E-state index contributed by atoms with van der Waals surface area (Å²) in [6.07, 6.45) is 0. The second kappa shape index (κ2) is 4.83. The van der Waals surface area contributed by atoms with Crippen LogP contribution < -0.4 is 16.0 Å². The minimum absolute atomic E-state index is 0.103. The van der Waals surface area contributed by atoms with Gasteiger partial charge < -0.3 is 10.6 Å². The van der Waals surface area contributed by atoms with Gasteiger partial charge in [0.1, 0.15) is 5.54 Å². The van der Waals surface area contributed by atoms with Crippen molar-refractivity contribution >= 4 is 29.1 Å². The number of imide groups is 1. The highest BCUT2D eigenvalue weighted by atomic mass is 35.5. The second-order valence-corrected chi connectivity index (χ2v) is 5.37. The number of piperazine rings is 1. The van der Waals surface area contributed by atoms with Gasteiger partial charge in [-0.25, -0.2) is 0 Å². The Balaban J connectivity index is 2.53. The Morgan fingerprint density at radius 1 is 1.42 bits per heavy atom. The van der Waals surface area contributed by atoms with E-state index in [9.17, 15) is 9.59 Å². The summed E-state index contributed by atoms with van der Waals surface area (Å²) in [5.41, 5.74) is 6.35. The molecule has 3 N–H and O–H groups in total. The monoisotopic (exact) mass is 281 g/mol. The number of benzene rings is 1. The molecule has 0 atom stereocenters. The number of nitrogens with two attached hydrogens (primary N) is 1. The van der Waals surface area contributed by atoms with Gasteiger partial charge in [-0.15, -0.1) is 0 Å². The van der Waals surface area contributed by atoms with E-state index in [4.69, 9.17) is 17.3 Å². The van der Waals surface area contributed by atoms with Gasteiger partial charge in [-0.2, -0.15) is 0 Å². The number of anilines is 1. The van der Waals surface area contributed by atoms with Gasteiger partial charge >= 0.3 is 0 Å². The van der Waals surface area contributed by atoms with Crippen LogP contribution in [0.25, 0.3) is 0 Å². The lowest BCUT2D eigenvalue weighted by atomic mass is 9.96. The lowest BCUT2D eigenvalue weighted by Gasteiger charge is -2.42. The van der Waals surface area contributed by atoms with Gasteiger partial charge in [-0.05, 0) is 26.0 Å². The first-order valence-electron chi connectivity index (χ1n) is 5.97. The highest BCUT2D eigenvalue weighted by molar-refractivity contribution is 6.31. The van der Waals surface area contributed by atoms with E-state index < -0.39 is 5.54 Å². The van der Waals surface area contributed by atoms with Gasteiger partial charge in [0.05, 0.1) is 6.54 Å². The van der Waals surface area contributed by atoms with E-state index in [0.29, 0.717) is 5.02 Å². The van der Waals surface area contributed by atoms with E-state index in [0.717, 1.165) is 11.3 Å². The molecule has 102 valence electrons. The molecule has 2 rings (SSSR count). The first-order chi connectivity index (χ1) is 8.87. The van der Waals surface area contributed by atoms with E-state index in [2.05, 4.69) is 5.32 Å². The number of carbonyl (C=O) groups excluding carboxylic acids is 2. The number of amides is 2. The highest BCUT2D eigenvalue weighted by Crippen LogP contribution is 2.32. The molecule has 5 nitrogen and oxygen atoms in total. The molecule has 1 fully saturated rings. The maximum absolute atomic E-state index is 12.0. The third-order valence-electron chi connectivity index (χ3n) is 3.37. The molecule has 0 unspecified atom stereocenters. The van der Waals surface area contributed by atoms with Crippen molar-refractivity contribution in [1.82, 2.24) is 5.32 Å². The van der Waals surface area contributed by atoms with Gasteiger partial charge in [0.25, 0.3) is 5.91 Å². The van der Waals surface area contributed by atoms with Crippen LogP contribution in [0.2, 0.25) is 5.02 Å². The zero-order chi connectivity index (χ0) is 14.2. The SMILES string of the molecule is CC1(C)C(=O)NC(=O)CN1c1cccc(Cl)c1CN. The molecular weight excluding hydrogens is 266 g/mol. The summed E-state index contributed by atoms with van der Waals surface area (Å²) in [7, 11) is 0. The maximum Gasteiger partial charge on any atom is 0.251 e. The zero-order valence-electron chi connectivity index (χ0n) is 10.9. The average molecular weight is 282 g/mol. The molecular formula is C13H16ClN3O2. The van der Waals surface area contributed by atoms with Crippen molar-refractivity contribution in [1.29, 1.82) is 0 Å². The van der Waals surface area contributed by atoms with E-state index in [1.165, 1.54) is 0 Å². The Hall–Kier alpha value is -1.59. The molecule has 1 heterocycles. The van der Waals surface area contributed by atoms with Crippen LogP contribution in [0.1, 0.15) is 19.4 Å². The topological polar surface area (TPSA) is 75.4 Å². The van der Waals surface area contributed by atoms with E-state index in [1.54, 1.807) is 30.9 Å². The average Bonchev–Trinajstić information content (AvgIpc) is 2.34. The minimum Gasteiger partial charge on any atom is -0.348 e. The number of hydrogen-bond donors (Lipinski definition) is 2. The summed E-state index contributed by atoms with van der Waals surface area (Å²) in [6.45, 7) is 3.87. The number of nitrogens with one attached hydrogen (secondary N) is 1. The van der Waals surface area contributed by atoms with Gasteiger partial charge in [0.2, 0.25) is 5.91 Å². The van der Waals surface area contributed by atoms with E-state index in [1.807, 2.05) is 6.07 Å². The Morgan fingerprint density at radius 3 is 2.74 bits per heavy atom. The lowest BCUT2D eigenvalue weighted by molar-refractivity contribution is -0.135. The summed E-state index contributed by atoms with van der Waals surface area (Å²) in [6, 6.07) is 5.34. The number of carbonyl (C=O) groups is 2. The smallest absolute Gasteiger partial charge is 0.251 e. The number of nitrogens with zero attached hydrogens (tertiary/aromatic N) is 1. The molecule has 0 bridgehead atoms. The van der Waals surface area contributed by atoms with Crippen LogP contribution in [-0.2, 0) is 16.1 Å². The lowest BCUT2D eigenvalue weighted by Crippen LogP contribution is -2.64. The second-order valence-electron chi connectivity index (χ2n) is 4.96. The van der Waals surface area contributed by atoms with Crippen LogP contribution in [0.3, 0.4) is 0 Å². The molecule has 2 amide bonds. The van der Waals surface area contributed by atoms with Crippen LogP contribution in [0.4, 0.5) is 5.69 Å². The number of halogens is 1. The van der Waals surface area contributed by atoms with Crippen molar-refractivity contribution in [2.24, 2.45) is 5.73 Å². The molecule has 0 aromatic heterocycles. The summed E-state index contributed by atoms with van der Waals surface area (Å²) in [5, 5.41) is 2.87. The number of hydrogen-bond acceptors (Lipinski definition) is 4. The normalized spacial score (nSPS) is 18.4. The fourth-order valence-electron chi connectivity index (χ4n) is 2.17. The van der Waals surface area contributed by atoms with E-state index in [-0.39, 0.29) is 24.9 Å². The van der Waals surface area contributed by atoms with Gasteiger partial charge in [0.15, 0.2) is 0 Å². The van der Waals surface area contributed by atoms with Crippen molar-refractivity contribution in [3.63, 3.8) is 0 Å². The summed E-state index contributed by atoms with van der Waals surface area (Å²) in [5.74, 6) is -0.654. The molecule has 0 aliphatic carbocycles. The highest BCUT2D eigenvalue weighted by Gasteiger charge is 2.41. The standard InChI is InChI=1S/C13H16ClN3O2/c1-13(2)12(19)16-11(18)7-17(13)10-5-3-4-9(14)8(10)6-15/h3-5H,6-7,15H2,1-2H3,(H,16,18,19). The fraction of sp³-hybridized carbons (Fsp3) is 0.385. The summed E-state index contributed by atoms with van der Waals surface area (Å²) >= 11 is 6.12. The van der Waals surface area contributed by atoms with Crippen molar-refractivity contribution in [3.05, 3.63) is 28.8 Å². The Morgan fingerprint density at radius 2 is 2.11 bits per heavy atom. The molecule has 0 saturated carbocycles. The van der Waals surface area contributed by atoms with E-state index >= 15 is 0 Å². The predicted octanol–water partition coefficient (Wildman–Crippen LogP) is 1.04. The van der Waals surface area contributed by atoms with Crippen molar-refractivity contribution < 1.29 is 9.59 Å². The van der Waals surface area contributed by atoms with Crippen molar-refractivity contribution in [2.75, 3.05) is 11.4 Å². The molecule has 19 heavy (non-hydrogen) atoms. The molecule has 1 aromatic carbocycles. The Kier molecular flexibility index (Phi) is 3.52. The quantitative estimate of drug-likeness (QED) is 0.794. The Labute approximate surface area is 116 Å². The molecule has 6 heteroatoms. The molecule has 1 aliphatic rings. The van der Waals surface area contributed by atoms with Gasteiger partial charge in [-0.1, -0.05) is 17.7 Å². The third-order valence-corrected chi connectivity index (χ3v) is 3.73. The molecule has 1 saturated heterocycles. The van der Waals surface area contributed by atoms with Crippen LogP contribution in [0.5, 0.6) is 0 Å². The Bertz CT molecular complexity index is 543. The fourth-order valence-corrected chi connectivity index (χ4v) is 2.42. The van der Waals surface area contributed by atoms with Crippen LogP contribution in [0.15, 0.2) is 18.2 Å². The van der Waals surface area contributed by atoms with Crippen molar-refractivity contribution in [3.8, 4) is 0 Å². The summed E-state index contributed by atoms with van der Waals surface area (Å²) in [4.78, 5) is 25.3. The minimum atomic E-state index is -0.831. The molecule has 1 aliphatic heterocycles. The zero-order valence-corrected chi connectivity index (χ0v) is 11.6. The van der Waals surface area contributed by atoms with Crippen LogP contribution in [-0.4, -0.2) is 23.9 Å². The maximum atomic E-state index is 12.0. The first kappa shape index (κ1) is 13.8. The molecule has 1 aromatic rings. The van der Waals surface area contributed by atoms with Gasteiger partial charge in [0, 0.05) is 22.8 Å². The largest absolute Gasteiger partial charge is 0.348 e. The van der Waals surface area contributed by atoms with Gasteiger partial charge in [-0.3, -0.25) is 14.9 Å². The number of rotatable bonds is 2. The van der Waals surface area contributed by atoms with Crippen LogP contribution in [0, 0.1) is 0 Å². The summed E-state index contributed by atoms with van der Waals surface area (Å²) < 4.78 is 0. The molecule has 0 radical (unpaired) electrons. The third kappa shape index (κ3) is 2.31. The predicted molar refractivity (Wildman–Crippen MR) is 73.9 cm³/mol. The van der Waals surface area contributed by atoms with Crippen molar-refractivity contribution in [2.45, 2.75) is 25.9 Å².